The van der Waals surface area contributed by atoms with Crippen LogP contribution in [0.25, 0.3) is 5.69 Å². The third kappa shape index (κ3) is 6.30. The van der Waals surface area contributed by atoms with Crippen molar-refractivity contribution >= 4 is 5.82 Å². The summed E-state index contributed by atoms with van der Waals surface area (Å²) in [5.74, 6) is 0.879. The molecule has 1 unspecified atom stereocenters. The van der Waals surface area contributed by atoms with E-state index in [1.807, 2.05) is 23.1 Å². The number of likely N-dealkylation sites (tertiary alicyclic amines) is 1. The Bertz CT molecular complexity index is 1180. The molecule has 0 radical (unpaired) electrons. The third-order valence-corrected chi connectivity index (χ3v) is 7.69. The lowest BCUT2D eigenvalue weighted by atomic mass is 9.97. The van der Waals surface area contributed by atoms with Gasteiger partial charge in [0.25, 0.3) is 0 Å². The van der Waals surface area contributed by atoms with E-state index in [0.717, 1.165) is 81.2 Å². The average molecular weight is 529 g/mol. The number of aromatic nitrogens is 3. The van der Waals surface area contributed by atoms with E-state index in [-0.39, 0.29) is 5.75 Å². The van der Waals surface area contributed by atoms with E-state index < -0.39 is 6.36 Å². The van der Waals surface area contributed by atoms with Crippen molar-refractivity contribution in [2.24, 2.45) is 0 Å². The molecule has 5 rings (SSSR count). The van der Waals surface area contributed by atoms with Gasteiger partial charge in [0.05, 0.1) is 11.9 Å². The molecular formula is C28H35F3N6O. The van der Waals surface area contributed by atoms with Gasteiger partial charge in [0, 0.05) is 50.7 Å². The van der Waals surface area contributed by atoms with Crippen LogP contribution in [0.5, 0.6) is 5.75 Å². The lowest BCUT2D eigenvalue weighted by Crippen LogP contribution is -2.58. The summed E-state index contributed by atoms with van der Waals surface area (Å²) in [6.45, 7) is 10.0. The van der Waals surface area contributed by atoms with Crippen LogP contribution >= 0.6 is 0 Å². The van der Waals surface area contributed by atoms with Gasteiger partial charge in [-0.05, 0) is 74.7 Å². The predicted molar refractivity (Wildman–Crippen MR) is 141 cm³/mol. The largest absolute Gasteiger partial charge is 0.573 e. The van der Waals surface area contributed by atoms with Crippen LogP contribution in [0.2, 0.25) is 0 Å². The molecule has 1 atom stereocenters. The van der Waals surface area contributed by atoms with Crippen molar-refractivity contribution < 1.29 is 17.9 Å². The van der Waals surface area contributed by atoms with Crippen LogP contribution in [0.4, 0.5) is 19.0 Å². The molecule has 38 heavy (non-hydrogen) atoms. The third-order valence-electron chi connectivity index (χ3n) is 7.69. The number of hydrogen-bond acceptors (Lipinski definition) is 6. The van der Waals surface area contributed by atoms with Gasteiger partial charge in [0.2, 0.25) is 0 Å². The van der Waals surface area contributed by atoms with Crippen molar-refractivity contribution in [1.29, 1.82) is 0 Å². The van der Waals surface area contributed by atoms with Crippen molar-refractivity contribution in [2.45, 2.75) is 58.1 Å². The number of benzene rings is 1. The molecule has 2 aromatic heterocycles. The first-order chi connectivity index (χ1) is 18.3. The van der Waals surface area contributed by atoms with E-state index in [1.165, 1.54) is 12.1 Å². The van der Waals surface area contributed by atoms with E-state index in [0.29, 0.717) is 12.1 Å². The lowest BCUT2D eigenvalue weighted by Gasteiger charge is -2.48. The van der Waals surface area contributed by atoms with Gasteiger partial charge in [0.1, 0.15) is 11.6 Å². The summed E-state index contributed by atoms with van der Waals surface area (Å²) in [5.41, 5.74) is 3.13. The Kier molecular flexibility index (Phi) is 7.90. The monoisotopic (exact) mass is 528 g/mol. The maximum absolute atomic E-state index is 12.4. The number of piperazine rings is 1. The number of hydrogen-bond donors (Lipinski definition) is 0. The van der Waals surface area contributed by atoms with Crippen molar-refractivity contribution in [2.75, 3.05) is 37.6 Å². The Labute approximate surface area is 221 Å². The first kappa shape index (κ1) is 26.5. The summed E-state index contributed by atoms with van der Waals surface area (Å²) in [6, 6.07) is 11.3. The Hall–Kier alpha value is -3.11. The fourth-order valence-electron chi connectivity index (χ4n) is 5.80. The Balaban J connectivity index is 1.14. The molecule has 0 spiro atoms. The summed E-state index contributed by atoms with van der Waals surface area (Å²) in [7, 11) is 0. The second-order valence-corrected chi connectivity index (χ2v) is 10.2. The number of pyridine rings is 1. The van der Waals surface area contributed by atoms with Crippen LogP contribution < -0.4 is 9.64 Å². The van der Waals surface area contributed by atoms with E-state index in [2.05, 4.69) is 44.4 Å². The zero-order valence-corrected chi connectivity index (χ0v) is 21.9. The zero-order valence-electron chi connectivity index (χ0n) is 21.9. The highest BCUT2D eigenvalue weighted by Crippen LogP contribution is 2.28. The van der Waals surface area contributed by atoms with Gasteiger partial charge in [-0.1, -0.05) is 19.1 Å². The number of piperidine rings is 1. The number of ether oxygens (including phenoxy) is 1. The molecule has 2 aliphatic rings. The quantitative estimate of drug-likeness (QED) is 0.428. The van der Waals surface area contributed by atoms with E-state index in [4.69, 9.17) is 4.98 Å². The first-order valence-electron chi connectivity index (χ1n) is 13.3. The minimum atomic E-state index is -4.66. The van der Waals surface area contributed by atoms with Gasteiger partial charge >= 0.3 is 6.36 Å². The summed E-state index contributed by atoms with van der Waals surface area (Å²) < 4.78 is 43.0. The molecule has 2 saturated heterocycles. The normalized spacial score (nSPS) is 20.1. The summed E-state index contributed by atoms with van der Waals surface area (Å²) in [5, 5.41) is 4.31. The van der Waals surface area contributed by atoms with Crippen molar-refractivity contribution in [1.82, 2.24) is 24.6 Å². The highest BCUT2D eigenvalue weighted by atomic mass is 19.4. The fraction of sp³-hybridized carbons (Fsp3) is 0.500. The maximum atomic E-state index is 12.4. The molecular weight excluding hydrogens is 493 g/mol. The molecule has 3 aromatic rings. The number of halogens is 3. The van der Waals surface area contributed by atoms with Gasteiger partial charge in [-0.25, -0.2) is 9.67 Å². The molecule has 0 amide bonds. The minimum absolute atomic E-state index is 0.177. The average Bonchev–Trinajstić information content (AvgIpc) is 3.44. The first-order valence-corrected chi connectivity index (χ1v) is 13.3. The van der Waals surface area contributed by atoms with E-state index in [1.54, 1.807) is 18.3 Å². The molecule has 204 valence electrons. The predicted octanol–water partition coefficient (Wildman–Crippen LogP) is 5.04. The SMILES string of the molecule is CCC1CN(c2ncc(-n3cccn3)cc2C)CCN1C1CCN(Cc2ccc(OC(F)(F)F)cc2)CC1. The van der Waals surface area contributed by atoms with Crippen molar-refractivity contribution in [3.05, 3.63) is 66.1 Å². The maximum Gasteiger partial charge on any atom is 0.573 e. The summed E-state index contributed by atoms with van der Waals surface area (Å²) >= 11 is 0. The second-order valence-electron chi connectivity index (χ2n) is 10.2. The van der Waals surface area contributed by atoms with Crippen LogP contribution in [-0.4, -0.2) is 75.7 Å². The molecule has 1 aromatic carbocycles. The molecule has 2 aliphatic heterocycles. The van der Waals surface area contributed by atoms with E-state index in [9.17, 15) is 13.2 Å². The minimum Gasteiger partial charge on any atom is -0.406 e. The van der Waals surface area contributed by atoms with Gasteiger partial charge in [-0.15, -0.1) is 13.2 Å². The van der Waals surface area contributed by atoms with Crippen LogP contribution in [0.3, 0.4) is 0 Å². The molecule has 0 N–H and O–H groups in total. The second kappa shape index (κ2) is 11.3. The van der Waals surface area contributed by atoms with Gasteiger partial charge < -0.3 is 9.64 Å². The Morgan fingerprint density at radius 3 is 2.45 bits per heavy atom. The van der Waals surface area contributed by atoms with Gasteiger partial charge in [0.15, 0.2) is 0 Å². The summed E-state index contributed by atoms with van der Waals surface area (Å²) in [4.78, 5) is 12.3. The van der Waals surface area contributed by atoms with Crippen LogP contribution in [0.1, 0.15) is 37.3 Å². The molecule has 0 saturated carbocycles. The highest BCUT2D eigenvalue weighted by molar-refractivity contribution is 5.51. The number of rotatable bonds is 7. The number of nitrogens with zero attached hydrogens (tertiary/aromatic N) is 6. The fourth-order valence-corrected chi connectivity index (χ4v) is 5.80. The van der Waals surface area contributed by atoms with Crippen LogP contribution in [0.15, 0.2) is 55.0 Å². The van der Waals surface area contributed by atoms with Gasteiger partial charge in [-0.2, -0.15) is 5.10 Å². The van der Waals surface area contributed by atoms with Crippen molar-refractivity contribution in [3.63, 3.8) is 0 Å². The Morgan fingerprint density at radius 2 is 1.82 bits per heavy atom. The molecule has 2 fully saturated rings. The van der Waals surface area contributed by atoms with Crippen LogP contribution in [-0.2, 0) is 6.54 Å². The number of anilines is 1. The smallest absolute Gasteiger partial charge is 0.406 e. The van der Waals surface area contributed by atoms with E-state index >= 15 is 0 Å². The van der Waals surface area contributed by atoms with Gasteiger partial charge in [-0.3, -0.25) is 9.80 Å². The number of alkyl halides is 3. The molecule has 7 nitrogen and oxygen atoms in total. The lowest BCUT2D eigenvalue weighted by molar-refractivity contribution is -0.274. The highest BCUT2D eigenvalue weighted by Gasteiger charge is 2.34. The topological polar surface area (TPSA) is 49.7 Å². The zero-order chi connectivity index (χ0) is 26.7. The number of aryl methyl sites for hydroxylation is 1. The molecule has 4 heterocycles. The Morgan fingerprint density at radius 1 is 1.05 bits per heavy atom. The molecule has 0 aliphatic carbocycles. The standard InChI is InChI=1S/C28H35F3N6O/c1-3-23-20-35(27-21(2)17-25(18-32-27)37-12-4-11-33-37)15-16-36(23)24-9-13-34(14-10-24)19-22-5-7-26(8-6-22)38-28(29,30)31/h4-8,11-12,17-18,23-24H,3,9-10,13-16,19-20H2,1-2H3. The van der Waals surface area contributed by atoms with Crippen molar-refractivity contribution in [3.8, 4) is 11.4 Å². The molecule has 10 heteroatoms. The van der Waals surface area contributed by atoms with Crippen LogP contribution in [0, 0.1) is 6.92 Å². The summed E-state index contributed by atoms with van der Waals surface area (Å²) in [6.07, 6.45) is 4.22. The molecule has 0 bridgehead atoms.